The molecule has 0 aliphatic carbocycles. The maximum Gasteiger partial charge on any atom is 0.261 e. The molecule has 0 bridgehead atoms. The molecule has 7 heteroatoms. The summed E-state index contributed by atoms with van der Waals surface area (Å²) in [5, 5.41) is 12.0. The largest absolute Gasteiger partial charge is 0.363 e. The summed E-state index contributed by atoms with van der Waals surface area (Å²) in [6.07, 6.45) is 0. The van der Waals surface area contributed by atoms with E-state index in [0.717, 1.165) is 0 Å². The number of amides is 2. The molecular formula is C12H10N4O2S. The third kappa shape index (κ3) is 1.88. The molecule has 1 aromatic heterocycles. The van der Waals surface area contributed by atoms with E-state index in [2.05, 4.69) is 15.5 Å². The third-order valence-corrected chi connectivity index (χ3v) is 3.78. The van der Waals surface area contributed by atoms with Gasteiger partial charge in [-0.05, 0) is 12.1 Å². The van der Waals surface area contributed by atoms with Gasteiger partial charge in [-0.3, -0.25) is 14.5 Å². The zero-order chi connectivity index (χ0) is 13.4. The van der Waals surface area contributed by atoms with Gasteiger partial charge >= 0.3 is 0 Å². The molecule has 19 heavy (non-hydrogen) atoms. The molecule has 0 saturated carbocycles. The van der Waals surface area contributed by atoms with Crippen LogP contribution >= 0.6 is 11.3 Å². The fourth-order valence-corrected chi connectivity index (χ4v) is 2.62. The first-order valence-corrected chi connectivity index (χ1v) is 6.47. The average molecular weight is 274 g/mol. The fraction of sp³-hybridized carbons (Fsp3) is 0.167. The molecular weight excluding hydrogens is 264 g/mol. The van der Waals surface area contributed by atoms with Crippen molar-refractivity contribution in [1.82, 2.24) is 15.1 Å². The number of hydrogen-bond acceptors (Lipinski definition) is 6. The monoisotopic (exact) mass is 274 g/mol. The van der Waals surface area contributed by atoms with Gasteiger partial charge in [-0.1, -0.05) is 23.5 Å². The zero-order valence-corrected chi connectivity index (χ0v) is 10.9. The van der Waals surface area contributed by atoms with Gasteiger partial charge < -0.3 is 5.32 Å². The van der Waals surface area contributed by atoms with Crippen molar-refractivity contribution in [3.05, 3.63) is 40.4 Å². The molecule has 1 aliphatic rings. The molecule has 2 heterocycles. The van der Waals surface area contributed by atoms with Crippen molar-refractivity contribution >= 4 is 28.3 Å². The van der Waals surface area contributed by atoms with E-state index in [1.807, 2.05) is 0 Å². The lowest BCUT2D eigenvalue weighted by Gasteiger charge is -2.10. The Hall–Kier alpha value is -2.28. The summed E-state index contributed by atoms with van der Waals surface area (Å²) in [7, 11) is 1.74. The second kappa shape index (κ2) is 4.43. The summed E-state index contributed by atoms with van der Waals surface area (Å²) >= 11 is 1.32. The third-order valence-electron chi connectivity index (χ3n) is 2.85. The Morgan fingerprint density at radius 2 is 1.79 bits per heavy atom. The number of hydrogen-bond donors (Lipinski definition) is 1. The van der Waals surface area contributed by atoms with Gasteiger partial charge in [0.15, 0.2) is 0 Å². The first kappa shape index (κ1) is 11.8. The Bertz CT molecular complexity index is 632. The minimum Gasteiger partial charge on any atom is -0.363 e. The van der Waals surface area contributed by atoms with E-state index in [-0.39, 0.29) is 18.4 Å². The second-order valence-electron chi connectivity index (χ2n) is 3.99. The summed E-state index contributed by atoms with van der Waals surface area (Å²) in [6, 6.07) is 6.82. The van der Waals surface area contributed by atoms with Crippen molar-refractivity contribution in [2.75, 3.05) is 12.4 Å². The number of rotatable bonds is 3. The quantitative estimate of drug-likeness (QED) is 0.856. The summed E-state index contributed by atoms with van der Waals surface area (Å²) < 4.78 is 0. The second-order valence-corrected chi connectivity index (χ2v) is 5.06. The molecule has 0 spiro atoms. The summed E-state index contributed by atoms with van der Waals surface area (Å²) in [4.78, 5) is 25.5. The van der Waals surface area contributed by atoms with E-state index in [4.69, 9.17) is 0 Å². The van der Waals surface area contributed by atoms with Crippen molar-refractivity contribution < 1.29 is 9.59 Å². The van der Waals surface area contributed by atoms with Gasteiger partial charge in [-0.25, -0.2) is 0 Å². The van der Waals surface area contributed by atoms with Crippen LogP contribution in [0.4, 0.5) is 5.13 Å². The Kier molecular flexibility index (Phi) is 2.75. The van der Waals surface area contributed by atoms with Crippen LogP contribution in [0.15, 0.2) is 24.3 Å². The molecule has 0 fully saturated rings. The highest BCUT2D eigenvalue weighted by Gasteiger charge is 2.35. The zero-order valence-electron chi connectivity index (χ0n) is 10.1. The van der Waals surface area contributed by atoms with Gasteiger partial charge in [0, 0.05) is 7.05 Å². The molecule has 0 atom stereocenters. The van der Waals surface area contributed by atoms with E-state index in [9.17, 15) is 9.59 Å². The number of nitrogens with one attached hydrogen (secondary N) is 1. The molecule has 0 unspecified atom stereocenters. The number of carbonyl (C=O) groups excluding carboxylic acids is 2. The highest BCUT2D eigenvalue weighted by molar-refractivity contribution is 7.15. The normalized spacial score (nSPS) is 13.8. The van der Waals surface area contributed by atoms with Crippen LogP contribution in [-0.4, -0.2) is 34.0 Å². The molecule has 1 aromatic carbocycles. The summed E-state index contributed by atoms with van der Waals surface area (Å²) in [6.45, 7) is 0.158. The standard InChI is InChI=1S/C12H10N4O2S/c1-13-12-15-14-9(19-12)6-16-10(17)7-4-2-3-5-8(7)11(16)18/h2-5H,6H2,1H3,(H,13,15). The molecule has 3 rings (SSSR count). The minimum atomic E-state index is -0.276. The summed E-state index contributed by atoms with van der Waals surface area (Å²) in [5.41, 5.74) is 0.900. The van der Waals surface area contributed by atoms with Crippen LogP contribution in [0, 0.1) is 0 Å². The molecule has 0 saturated heterocycles. The van der Waals surface area contributed by atoms with Crippen LogP contribution in [0.3, 0.4) is 0 Å². The van der Waals surface area contributed by atoms with Crippen molar-refractivity contribution in [3.63, 3.8) is 0 Å². The van der Waals surface area contributed by atoms with E-state index in [1.165, 1.54) is 16.2 Å². The van der Waals surface area contributed by atoms with E-state index in [0.29, 0.717) is 21.3 Å². The highest BCUT2D eigenvalue weighted by atomic mass is 32.1. The van der Waals surface area contributed by atoms with Crippen LogP contribution in [-0.2, 0) is 6.54 Å². The predicted molar refractivity (Wildman–Crippen MR) is 70.1 cm³/mol. The number of fused-ring (bicyclic) bond motifs is 1. The maximum atomic E-state index is 12.1. The van der Waals surface area contributed by atoms with Crippen molar-refractivity contribution in [3.8, 4) is 0 Å². The van der Waals surface area contributed by atoms with Crippen LogP contribution in [0.1, 0.15) is 25.7 Å². The van der Waals surface area contributed by atoms with Gasteiger partial charge in [0.25, 0.3) is 11.8 Å². The lowest BCUT2D eigenvalue weighted by Crippen LogP contribution is -2.29. The first-order valence-electron chi connectivity index (χ1n) is 5.66. The molecule has 1 aliphatic heterocycles. The van der Waals surface area contributed by atoms with Gasteiger partial charge in [-0.15, -0.1) is 10.2 Å². The molecule has 96 valence electrons. The van der Waals surface area contributed by atoms with E-state index < -0.39 is 0 Å². The van der Waals surface area contributed by atoms with Crippen molar-refractivity contribution in [1.29, 1.82) is 0 Å². The van der Waals surface area contributed by atoms with E-state index in [1.54, 1.807) is 31.3 Å². The number of benzene rings is 1. The van der Waals surface area contributed by atoms with Gasteiger partial charge in [0.2, 0.25) is 5.13 Å². The SMILES string of the molecule is CNc1nnc(CN2C(=O)c3ccccc3C2=O)s1. The number of aromatic nitrogens is 2. The Morgan fingerprint density at radius 3 is 2.32 bits per heavy atom. The van der Waals surface area contributed by atoms with Gasteiger partial charge in [0.05, 0.1) is 17.7 Å². The fourth-order valence-electron chi connectivity index (χ4n) is 1.94. The molecule has 2 amide bonds. The molecule has 2 aromatic rings. The Labute approximate surface area is 113 Å². The van der Waals surface area contributed by atoms with E-state index >= 15 is 0 Å². The lowest BCUT2D eigenvalue weighted by molar-refractivity contribution is 0.0642. The minimum absolute atomic E-state index is 0.158. The van der Waals surface area contributed by atoms with Crippen LogP contribution in [0.25, 0.3) is 0 Å². The predicted octanol–water partition coefficient (Wildman–Crippen LogP) is 1.38. The number of nitrogens with zero attached hydrogens (tertiary/aromatic N) is 3. The Balaban J connectivity index is 1.88. The van der Waals surface area contributed by atoms with Crippen LogP contribution in [0.2, 0.25) is 0 Å². The first-order chi connectivity index (χ1) is 9.20. The number of anilines is 1. The number of carbonyl (C=O) groups is 2. The van der Waals surface area contributed by atoms with Gasteiger partial charge in [0.1, 0.15) is 5.01 Å². The van der Waals surface area contributed by atoms with Crippen LogP contribution in [0.5, 0.6) is 0 Å². The molecule has 1 N–H and O–H groups in total. The van der Waals surface area contributed by atoms with Crippen LogP contribution < -0.4 is 5.32 Å². The molecule has 6 nitrogen and oxygen atoms in total. The average Bonchev–Trinajstić information content (AvgIpc) is 2.99. The highest BCUT2D eigenvalue weighted by Crippen LogP contribution is 2.25. The van der Waals surface area contributed by atoms with Crippen molar-refractivity contribution in [2.45, 2.75) is 6.54 Å². The topological polar surface area (TPSA) is 75.2 Å². The maximum absolute atomic E-state index is 12.1. The van der Waals surface area contributed by atoms with Crippen molar-refractivity contribution in [2.24, 2.45) is 0 Å². The number of imide groups is 1. The summed E-state index contributed by atoms with van der Waals surface area (Å²) in [5.74, 6) is -0.552. The van der Waals surface area contributed by atoms with Gasteiger partial charge in [-0.2, -0.15) is 0 Å². The Morgan fingerprint density at radius 1 is 1.16 bits per heavy atom. The lowest BCUT2D eigenvalue weighted by atomic mass is 10.1. The smallest absolute Gasteiger partial charge is 0.261 e. The molecule has 0 radical (unpaired) electrons.